The monoisotopic (exact) mass is 448 g/mol. The summed E-state index contributed by atoms with van der Waals surface area (Å²) in [6, 6.07) is 30.9. The summed E-state index contributed by atoms with van der Waals surface area (Å²) >= 11 is 0. The van der Waals surface area contributed by atoms with E-state index in [1.54, 1.807) is 7.11 Å². The van der Waals surface area contributed by atoms with Gasteiger partial charge in [0, 0.05) is 17.3 Å². The van der Waals surface area contributed by atoms with Gasteiger partial charge in [0.05, 0.1) is 13.0 Å². The third-order valence-corrected chi connectivity index (χ3v) is 5.87. The van der Waals surface area contributed by atoms with E-state index >= 15 is 0 Å². The number of fused-ring (bicyclic) bond motifs is 1. The Morgan fingerprint density at radius 1 is 0.882 bits per heavy atom. The van der Waals surface area contributed by atoms with Crippen molar-refractivity contribution < 1.29 is 13.9 Å². The molecule has 0 atom stereocenters. The molecule has 5 nitrogen and oxygen atoms in total. The molecular weight excluding hydrogens is 424 g/mol. The summed E-state index contributed by atoms with van der Waals surface area (Å²) in [7, 11) is 1.62. The van der Waals surface area contributed by atoms with Crippen LogP contribution in [0, 0.1) is 6.92 Å². The predicted octanol–water partition coefficient (Wildman–Crippen LogP) is 6.58. The lowest BCUT2D eigenvalue weighted by atomic mass is 9.90. The van der Waals surface area contributed by atoms with Crippen molar-refractivity contribution in [3.63, 3.8) is 0 Å². The maximum atomic E-state index is 13.6. The average molecular weight is 449 g/mol. The number of carbonyl (C=O) groups is 1. The lowest BCUT2D eigenvalue weighted by Crippen LogP contribution is -2.22. The van der Waals surface area contributed by atoms with E-state index in [2.05, 4.69) is 10.3 Å². The number of carbonyl (C=O) groups excluding carboxylic acids is 1. The Balaban J connectivity index is 1.48. The lowest BCUT2D eigenvalue weighted by molar-refractivity contribution is -0.116. The van der Waals surface area contributed by atoms with E-state index in [4.69, 9.17) is 9.15 Å². The molecule has 0 bridgehead atoms. The largest absolute Gasteiger partial charge is 0.497 e. The smallest absolute Gasteiger partial charge is 0.236 e. The molecule has 34 heavy (non-hydrogen) atoms. The number of oxazole rings is 1. The van der Waals surface area contributed by atoms with Gasteiger partial charge >= 0.3 is 0 Å². The van der Waals surface area contributed by atoms with Crippen molar-refractivity contribution in [2.24, 2.45) is 0 Å². The van der Waals surface area contributed by atoms with E-state index in [0.29, 0.717) is 17.0 Å². The van der Waals surface area contributed by atoms with E-state index in [0.717, 1.165) is 33.7 Å². The van der Waals surface area contributed by atoms with Gasteiger partial charge in [0.25, 0.3) is 0 Å². The first-order valence-electron chi connectivity index (χ1n) is 11.1. The standard InChI is InChI=1S/C29H24N2O3/c1-19-13-14-22(29-31-25-18-23(33-2)15-16-26(25)34-29)17-24(19)30-28(32)27(20-9-5-3-6-10-20)21-11-7-4-8-12-21/h3-18,27H,1-2H3,(H,30,32). The average Bonchev–Trinajstić information content (AvgIpc) is 3.30. The molecule has 168 valence electrons. The topological polar surface area (TPSA) is 64.4 Å². The zero-order chi connectivity index (χ0) is 23.5. The summed E-state index contributed by atoms with van der Waals surface area (Å²) in [5.41, 5.74) is 5.73. The molecule has 0 aliphatic heterocycles. The molecular formula is C29H24N2O3. The summed E-state index contributed by atoms with van der Waals surface area (Å²) in [5.74, 6) is 0.681. The molecule has 1 N–H and O–H groups in total. The number of hydrogen-bond acceptors (Lipinski definition) is 4. The van der Waals surface area contributed by atoms with Crippen molar-refractivity contribution in [3.05, 3.63) is 114 Å². The maximum absolute atomic E-state index is 13.6. The number of anilines is 1. The molecule has 5 rings (SSSR count). The van der Waals surface area contributed by atoms with Crippen molar-refractivity contribution in [2.45, 2.75) is 12.8 Å². The van der Waals surface area contributed by atoms with Crippen molar-refractivity contribution in [2.75, 3.05) is 12.4 Å². The highest BCUT2D eigenvalue weighted by atomic mass is 16.5. The molecule has 0 fully saturated rings. The number of rotatable bonds is 6. The highest BCUT2D eigenvalue weighted by Crippen LogP contribution is 2.31. The SMILES string of the molecule is COc1ccc2oc(-c3ccc(C)c(NC(=O)C(c4ccccc4)c4ccccc4)c3)nc2c1. The summed E-state index contributed by atoms with van der Waals surface area (Å²) in [5, 5.41) is 3.14. The number of methoxy groups -OCH3 is 1. The van der Waals surface area contributed by atoms with Crippen LogP contribution in [0.1, 0.15) is 22.6 Å². The van der Waals surface area contributed by atoms with Crippen LogP contribution in [0.3, 0.4) is 0 Å². The van der Waals surface area contributed by atoms with Gasteiger partial charge < -0.3 is 14.5 Å². The minimum Gasteiger partial charge on any atom is -0.497 e. The number of aryl methyl sites for hydroxylation is 1. The maximum Gasteiger partial charge on any atom is 0.236 e. The molecule has 0 saturated carbocycles. The van der Waals surface area contributed by atoms with Crippen LogP contribution in [-0.2, 0) is 4.79 Å². The van der Waals surface area contributed by atoms with Crippen LogP contribution < -0.4 is 10.1 Å². The van der Waals surface area contributed by atoms with Crippen LogP contribution in [-0.4, -0.2) is 18.0 Å². The van der Waals surface area contributed by atoms with E-state index < -0.39 is 5.92 Å². The fourth-order valence-corrected chi connectivity index (χ4v) is 4.04. The summed E-state index contributed by atoms with van der Waals surface area (Å²) in [6.07, 6.45) is 0. The predicted molar refractivity (Wildman–Crippen MR) is 134 cm³/mol. The van der Waals surface area contributed by atoms with Gasteiger partial charge in [-0.05, 0) is 47.9 Å². The van der Waals surface area contributed by atoms with Crippen molar-refractivity contribution in [3.8, 4) is 17.2 Å². The fraction of sp³-hybridized carbons (Fsp3) is 0.103. The molecule has 0 unspecified atom stereocenters. The Labute approximate surface area is 198 Å². The molecule has 1 aromatic heterocycles. The first kappa shape index (κ1) is 21.5. The minimum absolute atomic E-state index is 0.0973. The zero-order valence-corrected chi connectivity index (χ0v) is 19.0. The summed E-state index contributed by atoms with van der Waals surface area (Å²) < 4.78 is 11.2. The van der Waals surface area contributed by atoms with Crippen LogP contribution in [0.15, 0.2) is 101 Å². The number of amides is 1. The third kappa shape index (κ3) is 4.28. The van der Waals surface area contributed by atoms with Gasteiger partial charge in [-0.1, -0.05) is 66.7 Å². The third-order valence-electron chi connectivity index (χ3n) is 5.87. The molecule has 0 radical (unpaired) electrons. The quantitative estimate of drug-likeness (QED) is 0.319. The van der Waals surface area contributed by atoms with Crippen LogP contribution >= 0.6 is 0 Å². The first-order chi connectivity index (χ1) is 16.6. The second kappa shape index (κ2) is 9.24. The Bertz CT molecular complexity index is 1400. The van der Waals surface area contributed by atoms with Gasteiger partial charge in [-0.15, -0.1) is 0 Å². The van der Waals surface area contributed by atoms with Crippen LogP contribution in [0.2, 0.25) is 0 Å². The Morgan fingerprint density at radius 3 is 2.21 bits per heavy atom. The normalized spacial score (nSPS) is 11.0. The van der Waals surface area contributed by atoms with Gasteiger partial charge in [-0.2, -0.15) is 0 Å². The van der Waals surface area contributed by atoms with Crippen molar-refractivity contribution in [1.82, 2.24) is 4.98 Å². The minimum atomic E-state index is -0.428. The van der Waals surface area contributed by atoms with Gasteiger partial charge in [0.1, 0.15) is 11.3 Å². The van der Waals surface area contributed by atoms with Gasteiger partial charge in [-0.3, -0.25) is 4.79 Å². The van der Waals surface area contributed by atoms with Crippen LogP contribution in [0.25, 0.3) is 22.6 Å². The molecule has 1 amide bonds. The number of nitrogens with one attached hydrogen (secondary N) is 1. The van der Waals surface area contributed by atoms with Crippen LogP contribution in [0.4, 0.5) is 5.69 Å². The Morgan fingerprint density at radius 2 is 1.56 bits per heavy atom. The van der Waals surface area contributed by atoms with Gasteiger partial charge in [-0.25, -0.2) is 4.98 Å². The Hall–Kier alpha value is -4.38. The van der Waals surface area contributed by atoms with Crippen LogP contribution in [0.5, 0.6) is 5.75 Å². The highest BCUT2D eigenvalue weighted by molar-refractivity contribution is 5.99. The molecule has 0 saturated heterocycles. The summed E-state index contributed by atoms with van der Waals surface area (Å²) in [6.45, 7) is 1.97. The van der Waals surface area contributed by atoms with E-state index in [1.165, 1.54) is 0 Å². The number of hydrogen-bond donors (Lipinski definition) is 1. The molecule has 5 heteroatoms. The zero-order valence-electron chi connectivity index (χ0n) is 19.0. The van der Waals surface area contributed by atoms with E-state index in [1.807, 2.05) is 104 Å². The van der Waals surface area contributed by atoms with E-state index in [9.17, 15) is 4.79 Å². The molecule has 0 aliphatic carbocycles. The first-order valence-corrected chi connectivity index (χ1v) is 11.1. The highest BCUT2D eigenvalue weighted by Gasteiger charge is 2.23. The molecule has 1 heterocycles. The number of nitrogens with zero attached hydrogens (tertiary/aromatic N) is 1. The number of aromatic nitrogens is 1. The molecule has 5 aromatic rings. The number of ether oxygens (including phenoxy) is 1. The molecule has 0 aliphatic rings. The van der Waals surface area contributed by atoms with Gasteiger partial charge in [0.2, 0.25) is 11.8 Å². The second-order valence-corrected chi connectivity index (χ2v) is 8.13. The lowest BCUT2D eigenvalue weighted by Gasteiger charge is -2.19. The number of benzene rings is 4. The van der Waals surface area contributed by atoms with Gasteiger partial charge in [0.15, 0.2) is 5.58 Å². The summed E-state index contributed by atoms with van der Waals surface area (Å²) in [4.78, 5) is 18.2. The fourth-order valence-electron chi connectivity index (χ4n) is 4.04. The molecule has 4 aromatic carbocycles. The van der Waals surface area contributed by atoms with Crippen molar-refractivity contribution >= 4 is 22.7 Å². The Kier molecular flexibility index (Phi) is 5.83. The molecule has 0 spiro atoms. The second-order valence-electron chi connectivity index (χ2n) is 8.13. The van der Waals surface area contributed by atoms with E-state index in [-0.39, 0.29) is 5.91 Å². The van der Waals surface area contributed by atoms with Crippen molar-refractivity contribution in [1.29, 1.82) is 0 Å².